The normalized spacial score (nSPS) is 10.3. The predicted molar refractivity (Wildman–Crippen MR) is 89.3 cm³/mol. The Hall–Kier alpha value is -3.21. The topological polar surface area (TPSA) is 72.1 Å². The van der Waals surface area contributed by atoms with E-state index in [1.165, 1.54) is 0 Å². The number of carbonyl (C=O) groups excluding carboxylic acids is 1. The van der Waals surface area contributed by atoms with Crippen LogP contribution in [0.15, 0.2) is 73.1 Å². The zero-order valence-corrected chi connectivity index (χ0v) is 12.5. The van der Waals surface area contributed by atoms with Gasteiger partial charge in [0.05, 0.1) is 6.54 Å². The molecule has 0 saturated carbocycles. The molecule has 3 rings (SSSR count). The van der Waals surface area contributed by atoms with Crippen LogP contribution in [0.4, 0.5) is 11.6 Å². The number of rotatable bonds is 5. The van der Waals surface area contributed by atoms with E-state index in [2.05, 4.69) is 9.97 Å². The van der Waals surface area contributed by atoms with Crippen LogP contribution in [0.5, 0.6) is 0 Å². The fourth-order valence-corrected chi connectivity index (χ4v) is 2.31. The SMILES string of the molecule is NC(=O)c1cccc(CN(c2ccccn2)c2ccccn2)c1. The highest BCUT2D eigenvalue weighted by Gasteiger charge is 2.13. The van der Waals surface area contributed by atoms with Gasteiger partial charge in [0.25, 0.3) is 0 Å². The first kappa shape index (κ1) is 14.7. The minimum atomic E-state index is -0.436. The summed E-state index contributed by atoms with van der Waals surface area (Å²) in [6, 6.07) is 18.7. The van der Waals surface area contributed by atoms with Crippen molar-refractivity contribution >= 4 is 17.5 Å². The molecule has 0 spiro atoms. The summed E-state index contributed by atoms with van der Waals surface area (Å²) in [7, 11) is 0. The Morgan fingerprint density at radius 1 is 0.913 bits per heavy atom. The molecule has 0 saturated heterocycles. The van der Waals surface area contributed by atoms with E-state index < -0.39 is 5.91 Å². The number of amides is 1. The predicted octanol–water partition coefficient (Wildman–Crippen LogP) is 2.91. The van der Waals surface area contributed by atoms with Gasteiger partial charge in [-0.15, -0.1) is 0 Å². The maximum atomic E-state index is 11.4. The first-order valence-corrected chi connectivity index (χ1v) is 7.22. The molecule has 0 aliphatic heterocycles. The molecule has 3 aromatic rings. The summed E-state index contributed by atoms with van der Waals surface area (Å²) >= 11 is 0. The van der Waals surface area contributed by atoms with E-state index in [1.807, 2.05) is 53.4 Å². The average molecular weight is 304 g/mol. The van der Waals surface area contributed by atoms with E-state index in [-0.39, 0.29) is 0 Å². The standard InChI is InChI=1S/C18H16N4O/c19-18(23)15-7-5-6-14(12-15)13-22(16-8-1-3-10-20-16)17-9-2-4-11-21-17/h1-12H,13H2,(H2,19,23). The maximum absolute atomic E-state index is 11.4. The van der Waals surface area contributed by atoms with Crippen LogP contribution in [0.3, 0.4) is 0 Å². The summed E-state index contributed by atoms with van der Waals surface area (Å²) in [5.41, 5.74) is 6.80. The number of benzene rings is 1. The van der Waals surface area contributed by atoms with E-state index in [1.54, 1.807) is 24.5 Å². The molecule has 0 aliphatic rings. The smallest absolute Gasteiger partial charge is 0.248 e. The summed E-state index contributed by atoms with van der Waals surface area (Å²) in [6.45, 7) is 0.537. The lowest BCUT2D eigenvalue weighted by atomic mass is 10.1. The molecule has 0 bridgehead atoms. The summed E-state index contributed by atoms with van der Waals surface area (Å²) in [5.74, 6) is 1.14. The monoisotopic (exact) mass is 304 g/mol. The molecule has 0 fully saturated rings. The number of aromatic nitrogens is 2. The van der Waals surface area contributed by atoms with Gasteiger partial charge in [0.15, 0.2) is 0 Å². The second kappa shape index (κ2) is 6.70. The number of anilines is 2. The molecular weight excluding hydrogens is 288 g/mol. The number of nitrogens with two attached hydrogens (primary N) is 1. The molecule has 114 valence electrons. The first-order valence-electron chi connectivity index (χ1n) is 7.22. The quantitative estimate of drug-likeness (QED) is 0.786. The second-order valence-corrected chi connectivity index (χ2v) is 5.03. The fourth-order valence-electron chi connectivity index (χ4n) is 2.31. The summed E-state index contributed by atoms with van der Waals surface area (Å²) in [6.07, 6.45) is 3.48. The molecule has 0 aliphatic carbocycles. The summed E-state index contributed by atoms with van der Waals surface area (Å²) < 4.78 is 0. The van der Waals surface area contributed by atoms with Gasteiger partial charge in [0.1, 0.15) is 11.6 Å². The van der Waals surface area contributed by atoms with Gasteiger partial charge in [-0.2, -0.15) is 0 Å². The van der Waals surface area contributed by atoms with Gasteiger partial charge >= 0.3 is 0 Å². The van der Waals surface area contributed by atoms with E-state index in [9.17, 15) is 4.79 Å². The van der Waals surface area contributed by atoms with Crippen LogP contribution in [0.2, 0.25) is 0 Å². The molecule has 0 radical (unpaired) electrons. The zero-order chi connectivity index (χ0) is 16.1. The Morgan fingerprint density at radius 3 is 2.09 bits per heavy atom. The van der Waals surface area contributed by atoms with Gasteiger partial charge in [-0.1, -0.05) is 24.3 Å². The van der Waals surface area contributed by atoms with Crippen molar-refractivity contribution in [1.82, 2.24) is 9.97 Å². The van der Waals surface area contributed by atoms with Crippen molar-refractivity contribution in [3.8, 4) is 0 Å². The molecule has 2 heterocycles. The molecule has 2 aromatic heterocycles. The number of hydrogen-bond donors (Lipinski definition) is 1. The van der Waals surface area contributed by atoms with Gasteiger partial charge in [-0.25, -0.2) is 9.97 Å². The molecule has 5 nitrogen and oxygen atoms in total. The van der Waals surface area contributed by atoms with E-state index in [0.717, 1.165) is 17.2 Å². The summed E-state index contributed by atoms with van der Waals surface area (Å²) in [4.78, 5) is 22.2. The number of carbonyl (C=O) groups is 1. The highest BCUT2D eigenvalue weighted by atomic mass is 16.1. The van der Waals surface area contributed by atoms with Crippen molar-refractivity contribution < 1.29 is 4.79 Å². The molecule has 1 aromatic carbocycles. The van der Waals surface area contributed by atoms with E-state index in [0.29, 0.717) is 12.1 Å². The van der Waals surface area contributed by atoms with Crippen LogP contribution in [0, 0.1) is 0 Å². The third kappa shape index (κ3) is 3.52. The van der Waals surface area contributed by atoms with Crippen molar-refractivity contribution in [3.05, 3.63) is 84.2 Å². The number of hydrogen-bond acceptors (Lipinski definition) is 4. The van der Waals surface area contributed by atoms with Crippen molar-refractivity contribution in [2.24, 2.45) is 5.73 Å². The third-order valence-electron chi connectivity index (χ3n) is 3.40. The number of primary amides is 1. The zero-order valence-electron chi connectivity index (χ0n) is 12.5. The van der Waals surface area contributed by atoms with Gasteiger partial charge in [-0.05, 0) is 42.0 Å². The van der Waals surface area contributed by atoms with Crippen molar-refractivity contribution in [2.75, 3.05) is 4.90 Å². The van der Waals surface area contributed by atoms with Crippen LogP contribution < -0.4 is 10.6 Å². The second-order valence-electron chi connectivity index (χ2n) is 5.03. The maximum Gasteiger partial charge on any atom is 0.248 e. The largest absolute Gasteiger partial charge is 0.366 e. The molecule has 23 heavy (non-hydrogen) atoms. The highest BCUT2D eigenvalue weighted by molar-refractivity contribution is 5.92. The summed E-state index contributed by atoms with van der Waals surface area (Å²) in [5, 5.41) is 0. The highest BCUT2D eigenvalue weighted by Crippen LogP contribution is 2.23. The molecule has 2 N–H and O–H groups in total. The Kier molecular flexibility index (Phi) is 4.29. The molecule has 1 amide bonds. The van der Waals surface area contributed by atoms with Crippen molar-refractivity contribution in [3.63, 3.8) is 0 Å². The lowest BCUT2D eigenvalue weighted by molar-refractivity contribution is 0.1000. The molecular formula is C18H16N4O. The van der Waals surface area contributed by atoms with Crippen LogP contribution >= 0.6 is 0 Å². The minimum Gasteiger partial charge on any atom is -0.366 e. The van der Waals surface area contributed by atoms with E-state index >= 15 is 0 Å². The Balaban J connectivity index is 1.97. The Labute approximate surface area is 134 Å². The third-order valence-corrected chi connectivity index (χ3v) is 3.40. The van der Waals surface area contributed by atoms with Crippen LogP contribution in [-0.4, -0.2) is 15.9 Å². The van der Waals surface area contributed by atoms with Crippen molar-refractivity contribution in [2.45, 2.75) is 6.54 Å². The van der Waals surface area contributed by atoms with Crippen LogP contribution in [0.25, 0.3) is 0 Å². The molecule has 0 unspecified atom stereocenters. The number of nitrogens with zero attached hydrogens (tertiary/aromatic N) is 3. The Morgan fingerprint density at radius 2 is 1.57 bits per heavy atom. The lowest BCUT2D eigenvalue weighted by Gasteiger charge is -2.23. The lowest BCUT2D eigenvalue weighted by Crippen LogP contribution is -2.19. The first-order chi connectivity index (χ1) is 11.2. The van der Waals surface area contributed by atoms with E-state index in [4.69, 9.17) is 5.73 Å². The molecule has 0 atom stereocenters. The fraction of sp³-hybridized carbons (Fsp3) is 0.0556. The number of pyridine rings is 2. The molecule has 5 heteroatoms. The van der Waals surface area contributed by atoms with Gasteiger partial charge in [0.2, 0.25) is 5.91 Å². The Bertz CT molecular complexity index is 751. The van der Waals surface area contributed by atoms with Crippen molar-refractivity contribution in [1.29, 1.82) is 0 Å². The van der Waals surface area contributed by atoms with Gasteiger partial charge in [-0.3, -0.25) is 4.79 Å². The van der Waals surface area contributed by atoms with Gasteiger partial charge in [0, 0.05) is 18.0 Å². The van der Waals surface area contributed by atoms with Crippen LogP contribution in [-0.2, 0) is 6.54 Å². The van der Waals surface area contributed by atoms with Crippen LogP contribution in [0.1, 0.15) is 15.9 Å². The minimum absolute atomic E-state index is 0.436. The van der Waals surface area contributed by atoms with Gasteiger partial charge < -0.3 is 10.6 Å². The average Bonchev–Trinajstić information content (AvgIpc) is 2.61.